The van der Waals surface area contributed by atoms with Crippen molar-refractivity contribution < 1.29 is 4.79 Å². The number of carbonyl (C=O) groups is 1. The van der Waals surface area contributed by atoms with Crippen LogP contribution < -0.4 is 10.2 Å². The van der Waals surface area contributed by atoms with Crippen molar-refractivity contribution in [3.05, 3.63) is 52.3 Å². The van der Waals surface area contributed by atoms with Crippen LogP contribution in [0.4, 0.5) is 11.4 Å². The fraction of sp³-hybridized carbons (Fsp3) is 0.300. The lowest BCUT2D eigenvalue weighted by molar-refractivity contribution is -0.117. The number of imidazole rings is 1. The summed E-state index contributed by atoms with van der Waals surface area (Å²) < 4.78 is 0. The average Bonchev–Trinajstić information content (AvgIpc) is 3.18. The van der Waals surface area contributed by atoms with Gasteiger partial charge in [-0.25, -0.2) is 4.98 Å². The topological polar surface area (TPSA) is 61.0 Å². The minimum Gasteiger partial charge on any atom is -0.379 e. The molecule has 1 fully saturated rings. The number of carbonyl (C=O) groups excluding carboxylic acids is 1. The molecule has 0 aliphatic carbocycles. The van der Waals surface area contributed by atoms with Gasteiger partial charge in [-0.3, -0.25) is 4.79 Å². The molecular weight excluding hydrogens is 348 g/mol. The van der Waals surface area contributed by atoms with E-state index >= 15 is 0 Å². The molecule has 1 amide bonds. The molecule has 0 atom stereocenters. The maximum atomic E-state index is 12.2. The zero-order valence-electron chi connectivity index (χ0n) is 14.9. The van der Waals surface area contributed by atoms with Crippen LogP contribution in [0.1, 0.15) is 29.8 Å². The van der Waals surface area contributed by atoms with E-state index in [2.05, 4.69) is 28.3 Å². The minimum atomic E-state index is 0.175. The van der Waals surface area contributed by atoms with Crippen LogP contribution in [0.5, 0.6) is 0 Å². The second-order valence-electron chi connectivity index (χ2n) is 6.75. The van der Waals surface area contributed by atoms with Crippen LogP contribution in [0.3, 0.4) is 0 Å². The highest BCUT2D eigenvalue weighted by Gasteiger charge is 2.23. The fourth-order valence-electron chi connectivity index (χ4n) is 3.51. The first-order valence-corrected chi connectivity index (χ1v) is 9.19. The van der Waals surface area contributed by atoms with Gasteiger partial charge in [0.2, 0.25) is 5.91 Å². The first-order chi connectivity index (χ1) is 12.5. The Balaban J connectivity index is 1.72. The number of nitrogens with one attached hydrogen (secondary N) is 2. The molecular formula is C20H21ClN4O. The number of amides is 1. The summed E-state index contributed by atoms with van der Waals surface area (Å²) in [6, 6.07) is 9.92. The van der Waals surface area contributed by atoms with E-state index in [-0.39, 0.29) is 5.91 Å². The maximum absolute atomic E-state index is 12.2. The number of aromatic nitrogens is 2. The van der Waals surface area contributed by atoms with E-state index in [1.54, 1.807) is 0 Å². The molecule has 26 heavy (non-hydrogen) atoms. The Labute approximate surface area is 157 Å². The largest absolute Gasteiger partial charge is 0.379 e. The summed E-state index contributed by atoms with van der Waals surface area (Å²) in [6.45, 7) is 5.35. The Morgan fingerprint density at radius 3 is 2.88 bits per heavy atom. The van der Waals surface area contributed by atoms with Crippen molar-refractivity contribution in [2.24, 2.45) is 0 Å². The van der Waals surface area contributed by atoms with Gasteiger partial charge in [-0.1, -0.05) is 23.7 Å². The van der Waals surface area contributed by atoms with E-state index in [1.165, 1.54) is 0 Å². The van der Waals surface area contributed by atoms with Gasteiger partial charge in [0.15, 0.2) is 0 Å². The fourth-order valence-corrected chi connectivity index (χ4v) is 3.80. The molecule has 1 aliphatic rings. The van der Waals surface area contributed by atoms with Gasteiger partial charge in [0.1, 0.15) is 11.3 Å². The van der Waals surface area contributed by atoms with Gasteiger partial charge in [-0.2, -0.15) is 0 Å². The second-order valence-corrected chi connectivity index (χ2v) is 7.16. The predicted molar refractivity (Wildman–Crippen MR) is 106 cm³/mol. The van der Waals surface area contributed by atoms with Gasteiger partial charge in [0, 0.05) is 30.2 Å². The Morgan fingerprint density at radius 1 is 1.31 bits per heavy atom. The summed E-state index contributed by atoms with van der Waals surface area (Å²) in [5, 5.41) is 4.22. The normalized spacial score (nSPS) is 14.4. The molecule has 5 nitrogen and oxygen atoms in total. The molecule has 0 radical (unpaired) electrons. The SMILES string of the molecule is Cc1nc2c(NCc3c(C)cccc3Cl)cc(N3CCCC3=O)cc2[nH]1. The van der Waals surface area contributed by atoms with Crippen LogP contribution >= 0.6 is 11.6 Å². The average molecular weight is 369 g/mol. The monoisotopic (exact) mass is 368 g/mol. The van der Waals surface area contributed by atoms with Crippen molar-refractivity contribution in [2.75, 3.05) is 16.8 Å². The van der Waals surface area contributed by atoms with Gasteiger partial charge >= 0.3 is 0 Å². The van der Waals surface area contributed by atoms with Crippen LogP contribution in [0, 0.1) is 13.8 Å². The van der Waals surface area contributed by atoms with Crippen molar-refractivity contribution in [2.45, 2.75) is 33.2 Å². The molecule has 3 aromatic rings. The summed E-state index contributed by atoms with van der Waals surface area (Å²) in [6.07, 6.45) is 1.52. The third-order valence-electron chi connectivity index (χ3n) is 4.88. The Hall–Kier alpha value is -2.53. The van der Waals surface area contributed by atoms with E-state index in [0.717, 1.165) is 57.3 Å². The Kier molecular flexibility index (Phi) is 4.32. The molecule has 4 rings (SSSR count). The third-order valence-corrected chi connectivity index (χ3v) is 5.24. The summed E-state index contributed by atoms with van der Waals surface area (Å²) in [4.78, 5) is 21.9. The van der Waals surface area contributed by atoms with E-state index < -0.39 is 0 Å². The molecule has 0 saturated carbocycles. The smallest absolute Gasteiger partial charge is 0.227 e. The highest BCUT2D eigenvalue weighted by Crippen LogP contribution is 2.32. The quantitative estimate of drug-likeness (QED) is 0.709. The number of nitrogens with zero attached hydrogens (tertiary/aromatic N) is 2. The zero-order chi connectivity index (χ0) is 18.3. The van der Waals surface area contributed by atoms with E-state index in [1.807, 2.05) is 36.1 Å². The summed E-state index contributed by atoms with van der Waals surface area (Å²) >= 11 is 6.36. The van der Waals surface area contributed by atoms with Crippen molar-refractivity contribution in [3.63, 3.8) is 0 Å². The van der Waals surface area contributed by atoms with Gasteiger partial charge in [-0.05, 0) is 49.6 Å². The van der Waals surface area contributed by atoms with Crippen molar-refractivity contribution in [3.8, 4) is 0 Å². The number of H-pyrrole nitrogens is 1. The molecule has 1 saturated heterocycles. The van der Waals surface area contributed by atoms with Crippen LogP contribution in [-0.2, 0) is 11.3 Å². The maximum Gasteiger partial charge on any atom is 0.227 e. The lowest BCUT2D eigenvalue weighted by Gasteiger charge is -2.18. The highest BCUT2D eigenvalue weighted by atomic mass is 35.5. The van der Waals surface area contributed by atoms with Crippen molar-refractivity contribution in [1.29, 1.82) is 0 Å². The molecule has 1 aromatic heterocycles. The number of hydrogen-bond acceptors (Lipinski definition) is 3. The summed E-state index contributed by atoms with van der Waals surface area (Å²) in [5.41, 5.74) is 5.83. The lowest BCUT2D eigenvalue weighted by atomic mass is 10.1. The molecule has 6 heteroatoms. The molecule has 2 aromatic carbocycles. The number of benzene rings is 2. The molecule has 134 valence electrons. The number of fused-ring (bicyclic) bond motifs is 1. The van der Waals surface area contributed by atoms with E-state index in [9.17, 15) is 4.79 Å². The minimum absolute atomic E-state index is 0.175. The number of rotatable bonds is 4. The van der Waals surface area contributed by atoms with Gasteiger partial charge in [-0.15, -0.1) is 0 Å². The van der Waals surface area contributed by atoms with E-state index in [0.29, 0.717) is 13.0 Å². The van der Waals surface area contributed by atoms with Crippen LogP contribution in [0.15, 0.2) is 30.3 Å². The van der Waals surface area contributed by atoms with Crippen LogP contribution in [0.2, 0.25) is 5.02 Å². The van der Waals surface area contributed by atoms with E-state index in [4.69, 9.17) is 11.6 Å². The standard InChI is InChI=1S/C20H21ClN4O/c1-12-5-3-6-16(21)15(12)11-22-17-9-14(25-8-4-7-19(25)26)10-18-20(17)24-13(2)23-18/h3,5-6,9-10,22H,4,7-8,11H2,1-2H3,(H,23,24). The first-order valence-electron chi connectivity index (χ1n) is 8.81. The predicted octanol–water partition coefficient (Wildman–Crippen LogP) is 4.57. The summed E-state index contributed by atoms with van der Waals surface area (Å²) in [7, 11) is 0. The van der Waals surface area contributed by atoms with Crippen LogP contribution in [0.25, 0.3) is 11.0 Å². The Morgan fingerprint density at radius 2 is 2.15 bits per heavy atom. The number of anilines is 2. The Bertz CT molecular complexity index is 975. The molecule has 1 aliphatic heterocycles. The number of aryl methyl sites for hydroxylation is 2. The lowest BCUT2D eigenvalue weighted by Crippen LogP contribution is -2.23. The van der Waals surface area contributed by atoms with Gasteiger partial charge in [0.25, 0.3) is 0 Å². The van der Waals surface area contributed by atoms with Crippen LogP contribution in [-0.4, -0.2) is 22.4 Å². The molecule has 0 bridgehead atoms. The zero-order valence-corrected chi connectivity index (χ0v) is 15.7. The first kappa shape index (κ1) is 16.9. The molecule has 0 unspecified atom stereocenters. The second kappa shape index (κ2) is 6.65. The molecule has 2 N–H and O–H groups in total. The molecule has 2 heterocycles. The third kappa shape index (κ3) is 3.03. The van der Waals surface area contributed by atoms with Gasteiger partial charge < -0.3 is 15.2 Å². The number of hydrogen-bond donors (Lipinski definition) is 2. The van der Waals surface area contributed by atoms with Gasteiger partial charge in [0.05, 0.1) is 11.2 Å². The highest BCUT2D eigenvalue weighted by molar-refractivity contribution is 6.31. The van der Waals surface area contributed by atoms with Crippen molar-refractivity contribution >= 4 is 39.9 Å². The summed E-state index contributed by atoms with van der Waals surface area (Å²) in [5.74, 6) is 1.02. The number of halogens is 1. The number of aromatic amines is 1. The molecule has 0 spiro atoms. The van der Waals surface area contributed by atoms with Crippen molar-refractivity contribution in [1.82, 2.24) is 9.97 Å².